The van der Waals surface area contributed by atoms with E-state index in [1.807, 2.05) is 6.07 Å². The highest BCUT2D eigenvalue weighted by Gasteiger charge is 2.36. The van der Waals surface area contributed by atoms with Crippen LogP contribution in [0.1, 0.15) is 48.9 Å². The summed E-state index contributed by atoms with van der Waals surface area (Å²) in [6.07, 6.45) is 8.05. The van der Waals surface area contributed by atoms with Gasteiger partial charge in [-0.2, -0.15) is 15.2 Å². The number of nitriles is 1. The van der Waals surface area contributed by atoms with Crippen LogP contribution in [0.25, 0.3) is 0 Å². The molecule has 0 N–H and O–H groups in total. The topological polar surface area (TPSA) is 88.8 Å². The van der Waals surface area contributed by atoms with E-state index in [2.05, 4.69) is 34.4 Å². The second kappa shape index (κ2) is 12.3. The summed E-state index contributed by atoms with van der Waals surface area (Å²) >= 11 is 0. The maximum absolute atomic E-state index is 15.1. The SMILES string of the molecule is C=CC(=O)N1CCN(c2nc(OCC3CCCN3C)nc3c2CCC(N2CCCc4cccc(F)c42)C3)CC1CC#N. The Morgan fingerprint density at radius 3 is 2.83 bits per heavy atom. The van der Waals surface area contributed by atoms with Crippen molar-refractivity contribution >= 4 is 17.4 Å². The number of para-hydroxylation sites is 1. The minimum atomic E-state index is -0.250. The number of ether oxygens (including phenoxy) is 1. The first-order valence-electron chi connectivity index (χ1n) is 15.3. The largest absolute Gasteiger partial charge is 0.462 e. The average Bonchev–Trinajstić information content (AvgIpc) is 3.43. The van der Waals surface area contributed by atoms with Crippen LogP contribution in [0, 0.1) is 17.1 Å². The smallest absolute Gasteiger partial charge is 0.318 e. The number of likely N-dealkylation sites (N-methyl/N-ethyl adjacent to an activating group) is 1. The van der Waals surface area contributed by atoms with Gasteiger partial charge in [-0.1, -0.05) is 18.7 Å². The maximum Gasteiger partial charge on any atom is 0.318 e. The standard InChI is InChI=1S/C32H40FN7O2/c1-3-29(41)39-18-17-38(20-24(39)13-14-34)31-26-12-11-23(40-16-5-8-22-7-4-10-27(33)30(22)40)19-28(26)35-32(36-31)42-21-25-9-6-15-37(25)2/h3-4,7,10,23-25H,1,5-6,8-9,11-13,15-21H2,2H3. The van der Waals surface area contributed by atoms with Gasteiger partial charge in [-0.05, 0) is 69.8 Å². The first-order chi connectivity index (χ1) is 20.5. The Kier molecular flexibility index (Phi) is 8.29. The van der Waals surface area contributed by atoms with E-state index in [1.165, 1.54) is 6.08 Å². The lowest BCUT2D eigenvalue weighted by atomic mass is 9.88. The van der Waals surface area contributed by atoms with Crippen molar-refractivity contribution in [3.05, 3.63) is 53.5 Å². The molecule has 1 aliphatic carbocycles. The van der Waals surface area contributed by atoms with E-state index in [0.717, 1.165) is 79.9 Å². The molecule has 2 saturated heterocycles. The summed E-state index contributed by atoms with van der Waals surface area (Å²) in [6.45, 7) is 7.67. The summed E-state index contributed by atoms with van der Waals surface area (Å²) < 4.78 is 21.4. The number of piperazine rings is 1. The Bertz CT molecular complexity index is 1380. The first kappa shape index (κ1) is 28.4. The monoisotopic (exact) mass is 573 g/mol. The molecule has 0 radical (unpaired) electrons. The van der Waals surface area contributed by atoms with Crippen LogP contribution in [0.2, 0.25) is 0 Å². The molecule has 0 saturated carbocycles. The normalized spacial score (nSPS) is 24.1. The third-order valence-electron chi connectivity index (χ3n) is 9.49. The van der Waals surface area contributed by atoms with Crippen molar-refractivity contribution in [1.82, 2.24) is 19.8 Å². The van der Waals surface area contributed by atoms with E-state index in [4.69, 9.17) is 14.7 Å². The number of likely N-dealkylation sites (tertiary alicyclic amines) is 1. The Labute approximate surface area is 247 Å². The van der Waals surface area contributed by atoms with Crippen molar-refractivity contribution in [1.29, 1.82) is 5.26 Å². The second-order valence-electron chi connectivity index (χ2n) is 12.0. The summed E-state index contributed by atoms with van der Waals surface area (Å²) in [6, 6.07) is 8.26. The van der Waals surface area contributed by atoms with Crippen LogP contribution in [-0.4, -0.2) is 90.2 Å². The average molecular weight is 574 g/mol. The second-order valence-corrected chi connectivity index (χ2v) is 12.0. The van der Waals surface area contributed by atoms with E-state index in [-0.39, 0.29) is 30.2 Å². The molecule has 9 nitrogen and oxygen atoms in total. The van der Waals surface area contributed by atoms with Crippen LogP contribution in [0.15, 0.2) is 30.9 Å². The molecule has 3 atom stereocenters. The molecule has 1 aromatic carbocycles. The number of anilines is 2. The Hall–Kier alpha value is -3.71. The van der Waals surface area contributed by atoms with E-state index >= 15 is 4.39 Å². The van der Waals surface area contributed by atoms with Gasteiger partial charge in [0.15, 0.2) is 0 Å². The zero-order valence-electron chi connectivity index (χ0n) is 24.5. The van der Waals surface area contributed by atoms with Gasteiger partial charge in [0.1, 0.15) is 18.2 Å². The van der Waals surface area contributed by atoms with Crippen molar-refractivity contribution < 1.29 is 13.9 Å². The van der Waals surface area contributed by atoms with Crippen LogP contribution in [0.5, 0.6) is 6.01 Å². The fraction of sp³-hybridized carbons (Fsp3) is 0.562. The van der Waals surface area contributed by atoms with Crippen LogP contribution >= 0.6 is 0 Å². The van der Waals surface area contributed by atoms with Gasteiger partial charge < -0.3 is 24.3 Å². The number of benzene rings is 1. The molecule has 2 aromatic rings. The number of carbonyl (C=O) groups excluding carboxylic acids is 1. The van der Waals surface area contributed by atoms with Gasteiger partial charge in [-0.15, -0.1) is 0 Å². The fourth-order valence-electron chi connectivity index (χ4n) is 7.24. The summed E-state index contributed by atoms with van der Waals surface area (Å²) in [5.41, 5.74) is 3.88. The number of hydrogen-bond acceptors (Lipinski definition) is 8. The molecule has 1 aromatic heterocycles. The van der Waals surface area contributed by atoms with E-state index in [0.29, 0.717) is 44.7 Å². The number of aromatic nitrogens is 2. The predicted molar refractivity (Wildman–Crippen MR) is 159 cm³/mol. The minimum Gasteiger partial charge on any atom is -0.462 e. The maximum atomic E-state index is 15.1. The van der Waals surface area contributed by atoms with Gasteiger partial charge in [-0.25, -0.2) is 4.39 Å². The minimum absolute atomic E-state index is 0.137. The highest BCUT2D eigenvalue weighted by Crippen LogP contribution is 2.38. The molecule has 4 heterocycles. The summed E-state index contributed by atoms with van der Waals surface area (Å²) in [7, 11) is 2.12. The van der Waals surface area contributed by atoms with Gasteiger partial charge in [-0.3, -0.25) is 4.79 Å². The van der Waals surface area contributed by atoms with Crippen molar-refractivity contribution in [2.75, 3.05) is 56.2 Å². The first-order valence-corrected chi connectivity index (χ1v) is 15.3. The predicted octanol–water partition coefficient (Wildman–Crippen LogP) is 3.52. The third kappa shape index (κ3) is 5.54. The molecule has 222 valence electrons. The molecule has 4 aliphatic rings. The molecule has 2 fully saturated rings. The molecule has 42 heavy (non-hydrogen) atoms. The van der Waals surface area contributed by atoms with Crippen molar-refractivity contribution in [3.8, 4) is 12.1 Å². The summed E-state index contributed by atoms with van der Waals surface area (Å²) in [4.78, 5) is 31.0. The number of nitrogens with zero attached hydrogens (tertiary/aromatic N) is 7. The van der Waals surface area contributed by atoms with Crippen molar-refractivity contribution in [3.63, 3.8) is 0 Å². The molecule has 6 rings (SSSR count). The Morgan fingerprint density at radius 2 is 2.05 bits per heavy atom. The zero-order chi connectivity index (χ0) is 29.2. The molecule has 1 amide bonds. The fourth-order valence-corrected chi connectivity index (χ4v) is 7.24. The summed E-state index contributed by atoms with van der Waals surface area (Å²) in [5, 5.41) is 9.51. The molecular weight excluding hydrogens is 533 g/mol. The Morgan fingerprint density at radius 1 is 1.17 bits per heavy atom. The molecule has 3 aliphatic heterocycles. The van der Waals surface area contributed by atoms with E-state index < -0.39 is 0 Å². The molecule has 10 heteroatoms. The number of aryl methyl sites for hydroxylation is 1. The van der Waals surface area contributed by atoms with Crippen LogP contribution in [0.4, 0.5) is 15.9 Å². The van der Waals surface area contributed by atoms with Gasteiger partial charge in [0.05, 0.1) is 29.9 Å². The quantitative estimate of drug-likeness (QED) is 0.465. The number of fused-ring (bicyclic) bond motifs is 2. The lowest BCUT2D eigenvalue weighted by molar-refractivity contribution is -0.128. The van der Waals surface area contributed by atoms with Crippen LogP contribution in [0.3, 0.4) is 0 Å². The lowest BCUT2D eigenvalue weighted by Crippen LogP contribution is -2.55. The van der Waals surface area contributed by atoms with E-state index in [9.17, 15) is 10.1 Å². The third-order valence-corrected chi connectivity index (χ3v) is 9.49. The van der Waals surface area contributed by atoms with Gasteiger partial charge in [0.25, 0.3) is 0 Å². The highest BCUT2D eigenvalue weighted by molar-refractivity contribution is 5.87. The van der Waals surface area contributed by atoms with Gasteiger partial charge in [0, 0.05) is 50.2 Å². The molecular formula is C32H40FN7O2. The van der Waals surface area contributed by atoms with Gasteiger partial charge >= 0.3 is 6.01 Å². The van der Waals surface area contributed by atoms with Gasteiger partial charge in [0.2, 0.25) is 5.91 Å². The summed E-state index contributed by atoms with van der Waals surface area (Å²) in [5.74, 6) is 0.537. The number of halogens is 1. The van der Waals surface area contributed by atoms with Crippen molar-refractivity contribution in [2.45, 2.75) is 69.5 Å². The van der Waals surface area contributed by atoms with Crippen molar-refractivity contribution in [2.24, 2.45) is 0 Å². The lowest BCUT2D eigenvalue weighted by Gasteiger charge is -2.43. The number of carbonyl (C=O) groups is 1. The number of rotatable bonds is 7. The van der Waals surface area contributed by atoms with Crippen LogP contribution < -0.4 is 14.5 Å². The van der Waals surface area contributed by atoms with Crippen LogP contribution in [-0.2, 0) is 24.1 Å². The molecule has 3 unspecified atom stereocenters. The van der Waals surface area contributed by atoms with E-state index in [1.54, 1.807) is 17.0 Å². The highest BCUT2D eigenvalue weighted by atomic mass is 19.1. The molecule has 0 bridgehead atoms. The molecule has 0 spiro atoms. The number of amides is 1. The number of hydrogen-bond donors (Lipinski definition) is 0. The Balaban J connectivity index is 1.31. The zero-order valence-corrected chi connectivity index (χ0v) is 24.5.